The first kappa shape index (κ1) is 16.0. The fraction of sp³-hybridized carbons (Fsp3) is 0.692. The summed E-state index contributed by atoms with van der Waals surface area (Å²) in [7, 11) is 0. The molecule has 5 nitrogen and oxygen atoms in total. The number of hydrogen-bond donors (Lipinski definition) is 3. The van der Waals surface area contributed by atoms with Gasteiger partial charge in [-0.3, -0.25) is 0 Å². The van der Waals surface area contributed by atoms with E-state index < -0.39 is 0 Å². The quantitative estimate of drug-likeness (QED) is 0.348. The number of nitrogens with one attached hydrogen (secondary N) is 2. The van der Waals surface area contributed by atoms with Gasteiger partial charge in [0.15, 0.2) is 0 Å². The summed E-state index contributed by atoms with van der Waals surface area (Å²) < 4.78 is 0. The molecular formula is C13H25N5S. The number of anilines is 2. The van der Waals surface area contributed by atoms with Gasteiger partial charge in [0.25, 0.3) is 0 Å². The summed E-state index contributed by atoms with van der Waals surface area (Å²) in [5, 5.41) is 3.38. The van der Waals surface area contributed by atoms with E-state index in [-0.39, 0.29) is 0 Å². The molecule has 1 aromatic heterocycles. The second-order valence-electron chi connectivity index (χ2n) is 4.38. The highest BCUT2D eigenvalue weighted by atomic mass is 32.2. The number of nitrogens with two attached hydrogens (primary N) is 1. The van der Waals surface area contributed by atoms with Gasteiger partial charge in [-0.2, -0.15) is 11.8 Å². The Morgan fingerprint density at radius 1 is 1.16 bits per heavy atom. The Balaban J connectivity index is 2.33. The van der Waals surface area contributed by atoms with Crippen LogP contribution in [0.5, 0.6) is 0 Å². The van der Waals surface area contributed by atoms with Crippen LogP contribution in [0.4, 0.5) is 11.6 Å². The molecule has 0 amide bonds. The van der Waals surface area contributed by atoms with Crippen molar-refractivity contribution in [3.05, 3.63) is 11.9 Å². The maximum Gasteiger partial charge on any atom is 0.148 e. The highest BCUT2D eigenvalue weighted by Gasteiger charge is 2.07. The fourth-order valence-corrected chi connectivity index (χ4v) is 2.45. The molecule has 0 aliphatic carbocycles. The Morgan fingerprint density at radius 2 is 1.89 bits per heavy atom. The van der Waals surface area contributed by atoms with E-state index in [1.165, 1.54) is 37.8 Å². The lowest BCUT2D eigenvalue weighted by molar-refractivity contribution is 0.688. The van der Waals surface area contributed by atoms with Crippen LogP contribution in [-0.2, 0) is 6.42 Å². The Labute approximate surface area is 120 Å². The molecule has 0 radical (unpaired) electrons. The number of nitrogen functional groups attached to an aromatic ring is 1. The summed E-state index contributed by atoms with van der Waals surface area (Å²) in [6.45, 7) is 3.03. The normalized spacial score (nSPS) is 10.5. The molecule has 6 heteroatoms. The van der Waals surface area contributed by atoms with E-state index >= 15 is 0 Å². The molecule has 4 N–H and O–H groups in total. The first-order valence-corrected chi connectivity index (χ1v) is 8.26. The standard InChI is InChI=1S/C13H25N5S/c1-3-11-12(16-10-17-13(11)18-14)15-8-6-4-5-7-9-19-2/h10H,3-9,14H2,1-2H3,(H2,15,16,17,18). The van der Waals surface area contributed by atoms with E-state index in [0.717, 1.165) is 24.3 Å². The lowest BCUT2D eigenvalue weighted by Gasteiger charge is -2.12. The highest BCUT2D eigenvalue weighted by Crippen LogP contribution is 2.19. The molecule has 1 rings (SSSR count). The van der Waals surface area contributed by atoms with Crippen molar-refractivity contribution in [3.8, 4) is 0 Å². The summed E-state index contributed by atoms with van der Waals surface area (Å²) >= 11 is 1.92. The summed E-state index contributed by atoms with van der Waals surface area (Å²) in [6, 6.07) is 0. The monoisotopic (exact) mass is 283 g/mol. The number of thioether (sulfide) groups is 1. The second kappa shape index (κ2) is 9.86. The van der Waals surface area contributed by atoms with Crippen LogP contribution in [0.1, 0.15) is 38.2 Å². The maximum absolute atomic E-state index is 5.45. The lowest BCUT2D eigenvalue weighted by atomic mass is 10.2. The number of nitrogens with zero attached hydrogens (tertiary/aromatic N) is 2. The predicted octanol–water partition coefficient (Wildman–Crippen LogP) is 2.66. The van der Waals surface area contributed by atoms with Gasteiger partial charge in [-0.25, -0.2) is 15.8 Å². The average molecular weight is 283 g/mol. The van der Waals surface area contributed by atoms with Crippen molar-refractivity contribution in [1.82, 2.24) is 9.97 Å². The number of rotatable bonds is 10. The molecule has 0 unspecified atom stereocenters. The molecule has 0 atom stereocenters. The van der Waals surface area contributed by atoms with Gasteiger partial charge in [0.05, 0.1) is 0 Å². The van der Waals surface area contributed by atoms with Gasteiger partial charge < -0.3 is 10.7 Å². The van der Waals surface area contributed by atoms with Crippen LogP contribution in [-0.4, -0.2) is 28.5 Å². The Hall–Kier alpha value is -1.01. The van der Waals surface area contributed by atoms with Crippen LogP contribution in [0.2, 0.25) is 0 Å². The summed E-state index contributed by atoms with van der Waals surface area (Å²) in [4.78, 5) is 8.40. The van der Waals surface area contributed by atoms with Gasteiger partial charge in [0, 0.05) is 12.1 Å². The molecule has 0 aliphatic heterocycles. The third-order valence-corrected chi connectivity index (χ3v) is 3.70. The number of hydrazine groups is 1. The van der Waals surface area contributed by atoms with Crippen molar-refractivity contribution in [2.45, 2.75) is 39.0 Å². The number of hydrogen-bond acceptors (Lipinski definition) is 6. The maximum atomic E-state index is 5.45. The first-order chi connectivity index (χ1) is 9.33. The Morgan fingerprint density at radius 3 is 2.58 bits per heavy atom. The van der Waals surface area contributed by atoms with Crippen LogP contribution in [0.25, 0.3) is 0 Å². The van der Waals surface area contributed by atoms with Crippen molar-refractivity contribution in [3.63, 3.8) is 0 Å². The van der Waals surface area contributed by atoms with Crippen molar-refractivity contribution in [2.24, 2.45) is 5.84 Å². The zero-order chi connectivity index (χ0) is 13.9. The second-order valence-corrected chi connectivity index (χ2v) is 5.37. The average Bonchev–Trinajstić information content (AvgIpc) is 2.45. The largest absolute Gasteiger partial charge is 0.370 e. The van der Waals surface area contributed by atoms with Crippen LogP contribution < -0.4 is 16.6 Å². The van der Waals surface area contributed by atoms with Crippen molar-refractivity contribution < 1.29 is 0 Å². The SMILES string of the molecule is CCc1c(NN)ncnc1NCCCCCCSC. The van der Waals surface area contributed by atoms with E-state index in [1.807, 2.05) is 11.8 Å². The minimum Gasteiger partial charge on any atom is -0.370 e. The van der Waals surface area contributed by atoms with Crippen molar-refractivity contribution in [1.29, 1.82) is 0 Å². The van der Waals surface area contributed by atoms with Crippen LogP contribution >= 0.6 is 11.8 Å². The van der Waals surface area contributed by atoms with Crippen molar-refractivity contribution >= 4 is 23.4 Å². The highest BCUT2D eigenvalue weighted by molar-refractivity contribution is 7.98. The number of unbranched alkanes of at least 4 members (excludes halogenated alkanes) is 3. The predicted molar refractivity (Wildman–Crippen MR) is 84.6 cm³/mol. The summed E-state index contributed by atoms with van der Waals surface area (Å²) in [5.41, 5.74) is 3.67. The summed E-state index contributed by atoms with van der Waals surface area (Å²) in [6.07, 6.45) is 9.62. The molecule has 19 heavy (non-hydrogen) atoms. The topological polar surface area (TPSA) is 75.9 Å². The minimum absolute atomic E-state index is 0.708. The Bertz CT molecular complexity index is 359. The van der Waals surface area contributed by atoms with E-state index in [4.69, 9.17) is 5.84 Å². The zero-order valence-corrected chi connectivity index (χ0v) is 12.7. The summed E-state index contributed by atoms with van der Waals surface area (Å²) in [5.74, 6) is 8.32. The molecule has 0 aromatic carbocycles. The van der Waals surface area contributed by atoms with Gasteiger partial charge in [-0.15, -0.1) is 0 Å². The van der Waals surface area contributed by atoms with Crippen LogP contribution in [0.3, 0.4) is 0 Å². The first-order valence-electron chi connectivity index (χ1n) is 6.86. The van der Waals surface area contributed by atoms with E-state index in [1.54, 1.807) is 0 Å². The van der Waals surface area contributed by atoms with Gasteiger partial charge in [-0.05, 0) is 31.3 Å². The van der Waals surface area contributed by atoms with Crippen molar-refractivity contribution in [2.75, 3.05) is 29.3 Å². The molecule has 0 saturated carbocycles. The molecular weight excluding hydrogens is 258 g/mol. The van der Waals surface area contributed by atoms with Crippen LogP contribution in [0.15, 0.2) is 6.33 Å². The Kier molecular flexibility index (Phi) is 8.33. The molecule has 108 valence electrons. The van der Waals surface area contributed by atoms with Gasteiger partial charge in [0.1, 0.15) is 18.0 Å². The molecule has 0 saturated heterocycles. The smallest absolute Gasteiger partial charge is 0.148 e. The third kappa shape index (κ3) is 5.65. The molecule has 0 bridgehead atoms. The van der Waals surface area contributed by atoms with Gasteiger partial charge >= 0.3 is 0 Å². The molecule has 0 aliphatic rings. The lowest BCUT2D eigenvalue weighted by Crippen LogP contribution is -2.14. The molecule has 1 heterocycles. The minimum atomic E-state index is 0.708. The zero-order valence-electron chi connectivity index (χ0n) is 11.9. The van der Waals surface area contributed by atoms with Gasteiger partial charge in [-0.1, -0.05) is 19.8 Å². The third-order valence-electron chi connectivity index (χ3n) is 3.00. The van der Waals surface area contributed by atoms with E-state index in [9.17, 15) is 0 Å². The fourth-order valence-electron chi connectivity index (χ4n) is 1.96. The molecule has 0 spiro atoms. The van der Waals surface area contributed by atoms with E-state index in [0.29, 0.717) is 5.82 Å². The molecule has 1 aromatic rings. The molecule has 0 fully saturated rings. The van der Waals surface area contributed by atoms with Gasteiger partial charge in [0.2, 0.25) is 0 Å². The van der Waals surface area contributed by atoms with E-state index in [2.05, 4.69) is 33.9 Å². The van der Waals surface area contributed by atoms with Crippen LogP contribution in [0, 0.1) is 0 Å². The number of aromatic nitrogens is 2.